The van der Waals surface area contributed by atoms with Crippen LogP contribution in [0.1, 0.15) is 16.7 Å². The quantitative estimate of drug-likeness (QED) is 0.536. The van der Waals surface area contributed by atoms with Gasteiger partial charge in [-0.1, -0.05) is 30.3 Å². The SMILES string of the molecule is C=CCN(CC(=O)N1CCN(CC(=O)Nc2ccccc2C(F)(F)F)CC1)Cc1cccc(C#N)c1. The average molecular weight is 500 g/mol. The third kappa shape index (κ3) is 7.66. The van der Waals surface area contributed by atoms with Gasteiger partial charge in [-0.2, -0.15) is 18.4 Å². The second-order valence-electron chi connectivity index (χ2n) is 8.52. The summed E-state index contributed by atoms with van der Waals surface area (Å²) in [7, 11) is 0. The van der Waals surface area contributed by atoms with E-state index >= 15 is 0 Å². The van der Waals surface area contributed by atoms with Crippen molar-refractivity contribution in [2.45, 2.75) is 12.7 Å². The number of carbonyl (C=O) groups is 2. The van der Waals surface area contributed by atoms with Gasteiger partial charge >= 0.3 is 6.18 Å². The highest BCUT2D eigenvalue weighted by Crippen LogP contribution is 2.34. The van der Waals surface area contributed by atoms with Crippen molar-refractivity contribution in [3.05, 3.63) is 77.9 Å². The molecule has 2 amide bonds. The van der Waals surface area contributed by atoms with E-state index in [9.17, 15) is 22.8 Å². The molecule has 0 aromatic heterocycles. The molecule has 0 unspecified atom stereocenters. The number of piperazine rings is 1. The number of hydrogen-bond acceptors (Lipinski definition) is 5. The lowest BCUT2D eigenvalue weighted by molar-refractivity contribution is -0.137. The molecule has 0 saturated carbocycles. The maximum atomic E-state index is 13.2. The molecule has 0 spiro atoms. The maximum Gasteiger partial charge on any atom is 0.418 e. The summed E-state index contributed by atoms with van der Waals surface area (Å²) in [5, 5.41) is 11.4. The van der Waals surface area contributed by atoms with Gasteiger partial charge in [0.25, 0.3) is 0 Å². The molecule has 7 nitrogen and oxygen atoms in total. The Bertz CT molecular complexity index is 1120. The highest BCUT2D eigenvalue weighted by molar-refractivity contribution is 5.93. The molecule has 1 heterocycles. The molecule has 0 radical (unpaired) electrons. The first-order valence-electron chi connectivity index (χ1n) is 11.5. The van der Waals surface area contributed by atoms with Gasteiger partial charge in [0.2, 0.25) is 11.8 Å². The summed E-state index contributed by atoms with van der Waals surface area (Å²) >= 11 is 0. The number of para-hydroxylation sites is 1. The van der Waals surface area contributed by atoms with Crippen LogP contribution >= 0.6 is 0 Å². The Morgan fingerprint density at radius 1 is 1.11 bits per heavy atom. The molecule has 0 bridgehead atoms. The van der Waals surface area contributed by atoms with Crippen molar-refractivity contribution >= 4 is 17.5 Å². The van der Waals surface area contributed by atoms with Crippen molar-refractivity contribution in [2.75, 3.05) is 51.1 Å². The Morgan fingerprint density at radius 3 is 2.50 bits per heavy atom. The van der Waals surface area contributed by atoms with Gasteiger partial charge in [0.1, 0.15) is 0 Å². The van der Waals surface area contributed by atoms with Gasteiger partial charge in [0.15, 0.2) is 0 Å². The molecule has 10 heteroatoms. The lowest BCUT2D eigenvalue weighted by atomic mass is 10.1. The van der Waals surface area contributed by atoms with Gasteiger partial charge in [-0.25, -0.2) is 0 Å². The molecule has 2 aromatic carbocycles. The van der Waals surface area contributed by atoms with Gasteiger partial charge in [-0.3, -0.25) is 19.4 Å². The molecular formula is C26H28F3N5O2. The summed E-state index contributed by atoms with van der Waals surface area (Å²) < 4.78 is 39.5. The minimum atomic E-state index is -4.56. The summed E-state index contributed by atoms with van der Waals surface area (Å²) in [5.41, 5.74) is 0.315. The number of carbonyl (C=O) groups excluding carboxylic acids is 2. The number of amides is 2. The molecular weight excluding hydrogens is 471 g/mol. The second kappa shape index (κ2) is 12.3. The van der Waals surface area contributed by atoms with Gasteiger partial charge in [-0.05, 0) is 29.8 Å². The van der Waals surface area contributed by atoms with Crippen LogP contribution in [-0.4, -0.2) is 72.3 Å². The van der Waals surface area contributed by atoms with E-state index in [2.05, 4.69) is 18.0 Å². The number of benzene rings is 2. The second-order valence-corrected chi connectivity index (χ2v) is 8.52. The lowest BCUT2D eigenvalue weighted by Gasteiger charge is -2.35. The van der Waals surface area contributed by atoms with Crippen LogP contribution in [0.15, 0.2) is 61.2 Å². The number of nitrogens with zero attached hydrogens (tertiary/aromatic N) is 4. The average Bonchev–Trinajstić information content (AvgIpc) is 2.84. The molecule has 190 valence electrons. The first kappa shape index (κ1) is 26.9. The topological polar surface area (TPSA) is 79.7 Å². The molecule has 1 saturated heterocycles. The minimum absolute atomic E-state index is 0.0588. The van der Waals surface area contributed by atoms with E-state index in [0.717, 1.165) is 11.6 Å². The fourth-order valence-electron chi connectivity index (χ4n) is 4.04. The third-order valence-corrected chi connectivity index (χ3v) is 5.81. The van der Waals surface area contributed by atoms with Crippen LogP contribution in [0.4, 0.5) is 18.9 Å². The molecule has 2 aromatic rings. The number of nitriles is 1. The predicted octanol–water partition coefficient (Wildman–Crippen LogP) is 3.35. The van der Waals surface area contributed by atoms with E-state index < -0.39 is 17.6 Å². The van der Waals surface area contributed by atoms with Crippen LogP contribution in [0.2, 0.25) is 0 Å². The Labute approximate surface area is 208 Å². The van der Waals surface area contributed by atoms with Crippen molar-refractivity contribution in [1.82, 2.24) is 14.7 Å². The summed E-state index contributed by atoms with van der Waals surface area (Å²) in [6.45, 7) is 6.57. The largest absolute Gasteiger partial charge is 0.418 e. The Hall–Kier alpha value is -3.68. The zero-order valence-corrected chi connectivity index (χ0v) is 19.8. The fraction of sp³-hybridized carbons (Fsp3) is 0.346. The first-order chi connectivity index (χ1) is 17.2. The molecule has 36 heavy (non-hydrogen) atoms. The summed E-state index contributed by atoms with van der Waals surface area (Å²) in [6, 6.07) is 14.2. The zero-order valence-electron chi connectivity index (χ0n) is 19.8. The number of nitrogens with one attached hydrogen (secondary N) is 1. The molecule has 0 atom stereocenters. The first-order valence-corrected chi connectivity index (χ1v) is 11.5. The van der Waals surface area contributed by atoms with E-state index in [4.69, 9.17) is 5.26 Å². The van der Waals surface area contributed by atoms with Crippen molar-refractivity contribution < 1.29 is 22.8 Å². The molecule has 0 aliphatic carbocycles. The molecule has 1 fully saturated rings. The zero-order chi connectivity index (χ0) is 26.1. The van der Waals surface area contributed by atoms with Crippen LogP contribution in [0.25, 0.3) is 0 Å². The van der Waals surface area contributed by atoms with Crippen LogP contribution in [0.5, 0.6) is 0 Å². The standard InChI is InChI=1S/C26H28F3N5O2/c1-2-10-33(17-21-7-5-6-20(15-21)16-30)19-25(36)34-13-11-32(12-14-34)18-24(35)31-23-9-4-3-8-22(23)26(27,28)29/h2-9,15H,1,10-14,17-19H2,(H,31,35). The van der Waals surface area contributed by atoms with Crippen LogP contribution in [-0.2, 0) is 22.3 Å². The highest BCUT2D eigenvalue weighted by Gasteiger charge is 2.33. The number of alkyl halides is 3. The fourth-order valence-corrected chi connectivity index (χ4v) is 4.04. The van der Waals surface area contributed by atoms with Crippen molar-refractivity contribution in [2.24, 2.45) is 0 Å². The Balaban J connectivity index is 1.49. The predicted molar refractivity (Wildman–Crippen MR) is 130 cm³/mol. The highest BCUT2D eigenvalue weighted by atomic mass is 19.4. The number of halogens is 3. The normalized spacial score (nSPS) is 14.4. The van der Waals surface area contributed by atoms with E-state index in [-0.39, 0.29) is 24.7 Å². The van der Waals surface area contributed by atoms with Crippen LogP contribution in [0.3, 0.4) is 0 Å². The minimum Gasteiger partial charge on any atom is -0.339 e. The summed E-state index contributed by atoms with van der Waals surface area (Å²) in [6.07, 6.45) is -2.84. The van der Waals surface area contributed by atoms with Crippen molar-refractivity contribution in [3.63, 3.8) is 0 Å². The van der Waals surface area contributed by atoms with E-state index in [0.29, 0.717) is 44.8 Å². The summed E-state index contributed by atoms with van der Waals surface area (Å²) in [4.78, 5) is 30.7. The molecule has 1 aliphatic heterocycles. The number of anilines is 1. The van der Waals surface area contributed by atoms with Gasteiger partial charge in [0, 0.05) is 39.3 Å². The maximum absolute atomic E-state index is 13.2. The van der Waals surface area contributed by atoms with E-state index in [1.165, 1.54) is 18.2 Å². The van der Waals surface area contributed by atoms with Crippen LogP contribution in [0, 0.1) is 11.3 Å². The smallest absolute Gasteiger partial charge is 0.339 e. The van der Waals surface area contributed by atoms with Crippen molar-refractivity contribution in [1.29, 1.82) is 5.26 Å². The van der Waals surface area contributed by atoms with Gasteiger partial charge < -0.3 is 10.2 Å². The number of hydrogen-bond donors (Lipinski definition) is 1. The third-order valence-electron chi connectivity index (χ3n) is 5.81. The van der Waals surface area contributed by atoms with Crippen molar-refractivity contribution in [3.8, 4) is 6.07 Å². The summed E-state index contributed by atoms with van der Waals surface area (Å²) in [5.74, 6) is -0.597. The molecule has 1 N–H and O–H groups in total. The monoisotopic (exact) mass is 499 g/mol. The van der Waals surface area contributed by atoms with E-state index in [1.807, 2.05) is 15.9 Å². The molecule has 3 rings (SSSR count). The van der Waals surface area contributed by atoms with Gasteiger partial charge in [0.05, 0.1) is 36.0 Å². The Morgan fingerprint density at radius 2 is 1.83 bits per heavy atom. The number of rotatable bonds is 9. The van der Waals surface area contributed by atoms with Gasteiger partial charge in [-0.15, -0.1) is 6.58 Å². The molecule has 1 aliphatic rings. The van der Waals surface area contributed by atoms with E-state index in [1.54, 1.807) is 29.2 Å². The Kier molecular flexibility index (Phi) is 9.22. The van der Waals surface area contributed by atoms with Crippen LogP contribution < -0.4 is 5.32 Å². The lowest BCUT2D eigenvalue weighted by Crippen LogP contribution is -2.52.